The van der Waals surface area contributed by atoms with Crippen LogP contribution >= 0.6 is 0 Å². The van der Waals surface area contributed by atoms with Crippen molar-refractivity contribution in [2.75, 3.05) is 26.7 Å². The predicted molar refractivity (Wildman–Crippen MR) is 79.2 cm³/mol. The lowest BCUT2D eigenvalue weighted by Crippen LogP contribution is -2.53. The van der Waals surface area contributed by atoms with Crippen molar-refractivity contribution >= 4 is 5.97 Å². The van der Waals surface area contributed by atoms with E-state index in [0.29, 0.717) is 13.2 Å². The lowest BCUT2D eigenvalue weighted by atomic mass is 9.90. The molecule has 0 spiro atoms. The van der Waals surface area contributed by atoms with Crippen molar-refractivity contribution in [2.24, 2.45) is 11.7 Å². The van der Waals surface area contributed by atoms with Crippen LogP contribution in [0.2, 0.25) is 0 Å². The van der Waals surface area contributed by atoms with Gasteiger partial charge in [-0.3, -0.25) is 0 Å². The van der Waals surface area contributed by atoms with Crippen LogP contribution < -0.4 is 5.73 Å². The largest absolute Gasteiger partial charge is 0.464 e. The highest BCUT2D eigenvalue weighted by molar-refractivity contribution is 5.82. The molecule has 0 saturated heterocycles. The second-order valence-electron chi connectivity index (χ2n) is 5.70. The number of benzene rings is 1. The van der Waals surface area contributed by atoms with E-state index in [1.807, 2.05) is 37.4 Å². The maximum atomic E-state index is 12.3. The number of carbonyl (C=O) groups excluding carboxylic acids is 1. The lowest BCUT2D eigenvalue weighted by molar-refractivity contribution is -0.150. The van der Waals surface area contributed by atoms with Crippen LogP contribution in [0.4, 0.5) is 0 Å². The quantitative estimate of drug-likeness (QED) is 0.771. The SMILES string of the molecule is CCOC(=O)C(N)(CN(C)CC1CC1)c1ccccc1. The zero-order chi connectivity index (χ0) is 14.6. The second kappa shape index (κ2) is 6.37. The Morgan fingerprint density at radius 3 is 2.60 bits per heavy atom. The van der Waals surface area contributed by atoms with Gasteiger partial charge < -0.3 is 15.4 Å². The van der Waals surface area contributed by atoms with Gasteiger partial charge in [-0.15, -0.1) is 0 Å². The fraction of sp³-hybridized carbons (Fsp3) is 0.562. The van der Waals surface area contributed by atoms with Gasteiger partial charge in [0, 0.05) is 13.1 Å². The van der Waals surface area contributed by atoms with Crippen molar-refractivity contribution in [3.8, 4) is 0 Å². The first-order chi connectivity index (χ1) is 9.56. The summed E-state index contributed by atoms with van der Waals surface area (Å²) in [7, 11) is 2.02. The molecule has 0 bridgehead atoms. The topological polar surface area (TPSA) is 55.6 Å². The third-order valence-electron chi connectivity index (χ3n) is 3.71. The van der Waals surface area contributed by atoms with Crippen molar-refractivity contribution in [3.63, 3.8) is 0 Å². The summed E-state index contributed by atoms with van der Waals surface area (Å²) in [5.74, 6) is 0.413. The van der Waals surface area contributed by atoms with E-state index in [-0.39, 0.29) is 5.97 Å². The Balaban J connectivity index is 2.16. The third-order valence-corrected chi connectivity index (χ3v) is 3.71. The molecule has 1 fully saturated rings. The number of rotatable bonds is 7. The van der Waals surface area contributed by atoms with Crippen LogP contribution in [-0.4, -0.2) is 37.6 Å². The van der Waals surface area contributed by atoms with E-state index in [0.717, 1.165) is 18.0 Å². The summed E-state index contributed by atoms with van der Waals surface area (Å²) in [6.07, 6.45) is 2.57. The van der Waals surface area contributed by atoms with E-state index in [9.17, 15) is 4.79 Å². The second-order valence-corrected chi connectivity index (χ2v) is 5.70. The number of nitrogens with zero attached hydrogens (tertiary/aromatic N) is 1. The van der Waals surface area contributed by atoms with Crippen LogP contribution in [0.3, 0.4) is 0 Å². The Morgan fingerprint density at radius 1 is 1.40 bits per heavy atom. The van der Waals surface area contributed by atoms with Gasteiger partial charge in [-0.1, -0.05) is 30.3 Å². The van der Waals surface area contributed by atoms with E-state index >= 15 is 0 Å². The Kier molecular flexibility index (Phi) is 4.78. The van der Waals surface area contributed by atoms with Crippen LogP contribution in [0.5, 0.6) is 0 Å². The number of esters is 1. The standard InChI is InChI=1S/C16H24N2O2/c1-3-20-15(19)16(17,14-7-5-4-6-8-14)12-18(2)11-13-9-10-13/h4-8,13H,3,9-12,17H2,1-2H3. The number of carbonyl (C=O) groups is 1. The Morgan fingerprint density at radius 2 is 2.05 bits per heavy atom. The van der Waals surface area contributed by atoms with E-state index in [4.69, 9.17) is 10.5 Å². The zero-order valence-corrected chi connectivity index (χ0v) is 12.3. The Hall–Kier alpha value is -1.39. The first kappa shape index (κ1) is 15.0. The molecule has 4 nitrogen and oxygen atoms in total. The first-order valence-electron chi connectivity index (χ1n) is 7.26. The summed E-state index contributed by atoms with van der Waals surface area (Å²) in [5.41, 5.74) is 6.14. The minimum Gasteiger partial charge on any atom is -0.464 e. The number of hydrogen-bond acceptors (Lipinski definition) is 4. The molecular formula is C16H24N2O2. The third kappa shape index (κ3) is 3.58. The fourth-order valence-corrected chi connectivity index (χ4v) is 2.50. The highest BCUT2D eigenvalue weighted by Crippen LogP contribution is 2.30. The monoisotopic (exact) mass is 276 g/mol. The summed E-state index contributed by atoms with van der Waals surface area (Å²) in [4.78, 5) is 14.5. The van der Waals surface area contributed by atoms with Crippen molar-refractivity contribution < 1.29 is 9.53 Å². The Labute approximate surface area is 120 Å². The molecule has 1 atom stereocenters. The maximum absolute atomic E-state index is 12.3. The van der Waals surface area contributed by atoms with Crippen LogP contribution in [0.15, 0.2) is 30.3 Å². The van der Waals surface area contributed by atoms with E-state index < -0.39 is 5.54 Å². The van der Waals surface area contributed by atoms with Gasteiger partial charge in [0.25, 0.3) is 0 Å². The molecule has 4 heteroatoms. The molecule has 0 radical (unpaired) electrons. The van der Waals surface area contributed by atoms with Gasteiger partial charge in [-0.25, -0.2) is 4.79 Å². The van der Waals surface area contributed by atoms with Gasteiger partial charge in [-0.2, -0.15) is 0 Å². The molecule has 0 aromatic heterocycles. The van der Waals surface area contributed by atoms with Gasteiger partial charge in [0.15, 0.2) is 5.54 Å². The molecule has 110 valence electrons. The molecule has 0 heterocycles. The molecule has 1 aliphatic carbocycles. The highest BCUT2D eigenvalue weighted by Gasteiger charge is 2.39. The average Bonchev–Trinajstić information content (AvgIpc) is 3.23. The van der Waals surface area contributed by atoms with Crippen LogP contribution in [0, 0.1) is 5.92 Å². The molecule has 1 aromatic rings. The molecular weight excluding hydrogens is 252 g/mol. The van der Waals surface area contributed by atoms with Crippen molar-refractivity contribution in [2.45, 2.75) is 25.3 Å². The van der Waals surface area contributed by atoms with E-state index in [1.165, 1.54) is 12.8 Å². The number of likely N-dealkylation sites (N-methyl/N-ethyl adjacent to an activating group) is 1. The maximum Gasteiger partial charge on any atom is 0.332 e. The number of nitrogens with two attached hydrogens (primary N) is 1. The van der Waals surface area contributed by atoms with Crippen LogP contribution in [-0.2, 0) is 15.1 Å². The predicted octanol–water partition coefficient (Wildman–Crippen LogP) is 1.75. The molecule has 2 N–H and O–H groups in total. The molecule has 20 heavy (non-hydrogen) atoms. The molecule has 1 saturated carbocycles. The van der Waals surface area contributed by atoms with Crippen molar-refractivity contribution in [1.82, 2.24) is 4.90 Å². The van der Waals surface area contributed by atoms with Gasteiger partial charge in [-0.05, 0) is 38.3 Å². The summed E-state index contributed by atoms with van der Waals surface area (Å²) in [6.45, 7) is 3.62. The molecule has 1 aromatic carbocycles. The van der Waals surface area contributed by atoms with Crippen LogP contribution in [0.25, 0.3) is 0 Å². The van der Waals surface area contributed by atoms with Gasteiger partial charge >= 0.3 is 5.97 Å². The van der Waals surface area contributed by atoms with Crippen molar-refractivity contribution in [3.05, 3.63) is 35.9 Å². The van der Waals surface area contributed by atoms with Crippen LogP contribution in [0.1, 0.15) is 25.3 Å². The first-order valence-corrected chi connectivity index (χ1v) is 7.26. The van der Waals surface area contributed by atoms with E-state index in [1.54, 1.807) is 6.92 Å². The summed E-state index contributed by atoms with van der Waals surface area (Å²) in [6, 6.07) is 9.50. The molecule has 2 rings (SSSR count). The lowest BCUT2D eigenvalue weighted by Gasteiger charge is -2.32. The minimum absolute atomic E-state index is 0.344. The Bertz CT molecular complexity index is 445. The minimum atomic E-state index is -1.10. The highest BCUT2D eigenvalue weighted by atomic mass is 16.5. The van der Waals surface area contributed by atoms with Gasteiger partial charge in [0.05, 0.1) is 6.61 Å². The van der Waals surface area contributed by atoms with E-state index in [2.05, 4.69) is 4.90 Å². The molecule has 1 aliphatic rings. The number of ether oxygens (including phenoxy) is 1. The van der Waals surface area contributed by atoms with Gasteiger partial charge in [0.2, 0.25) is 0 Å². The zero-order valence-electron chi connectivity index (χ0n) is 12.3. The normalized spacial score (nSPS) is 17.8. The molecule has 0 amide bonds. The molecule has 0 aliphatic heterocycles. The fourth-order valence-electron chi connectivity index (χ4n) is 2.50. The molecule has 1 unspecified atom stereocenters. The number of hydrogen-bond donors (Lipinski definition) is 1. The van der Waals surface area contributed by atoms with Gasteiger partial charge in [0.1, 0.15) is 0 Å². The summed E-state index contributed by atoms with van der Waals surface area (Å²) >= 11 is 0. The van der Waals surface area contributed by atoms with Crippen molar-refractivity contribution in [1.29, 1.82) is 0 Å². The average molecular weight is 276 g/mol. The summed E-state index contributed by atoms with van der Waals surface area (Å²) < 4.78 is 5.19. The smallest absolute Gasteiger partial charge is 0.332 e. The summed E-state index contributed by atoms with van der Waals surface area (Å²) in [5, 5.41) is 0.